The molecular formula is C22H36N4O2. The van der Waals surface area contributed by atoms with Crippen molar-refractivity contribution in [2.75, 3.05) is 33.9 Å². The maximum absolute atomic E-state index is 5.67. The smallest absolute Gasteiger partial charge is 0.191 e. The van der Waals surface area contributed by atoms with Crippen LogP contribution in [-0.4, -0.2) is 62.8 Å². The number of hydrogen-bond acceptors (Lipinski definition) is 4. The van der Waals surface area contributed by atoms with Gasteiger partial charge in [-0.1, -0.05) is 6.07 Å². The number of aliphatic imine (C=N–C) groups is 1. The molecule has 1 saturated carbocycles. The van der Waals surface area contributed by atoms with Crippen LogP contribution < -0.4 is 20.1 Å². The van der Waals surface area contributed by atoms with E-state index in [9.17, 15) is 0 Å². The van der Waals surface area contributed by atoms with Gasteiger partial charge in [0.2, 0.25) is 0 Å². The van der Waals surface area contributed by atoms with Crippen LogP contribution in [0.4, 0.5) is 0 Å². The summed E-state index contributed by atoms with van der Waals surface area (Å²) in [7, 11) is 3.53. The van der Waals surface area contributed by atoms with E-state index in [0.717, 1.165) is 49.4 Å². The molecule has 3 rings (SSSR count). The predicted octanol–water partition coefficient (Wildman–Crippen LogP) is 2.82. The number of benzene rings is 1. The number of likely N-dealkylation sites (tertiary alicyclic amines) is 1. The average Bonchev–Trinajstić information content (AvgIpc) is 3.47. The molecule has 0 amide bonds. The van der Waals surface area contributed by atoms with E-state index >= 15 is 0 Å². The van der Waals surface area contributed by atoms with Crippen LogP contribution in [0.1, 0.15) is 45.1 Å². The van der Waals surface area contributed by atoms with E-state index in [1.807, 2.05) is 20.0 Å². The molecule has 2 unspecified atom stereocenters. The molecule has 2 N–H and O–H groups in total. The first-order valence-corrected chi connectivity index (χ1v) is 10.7. The molecule has 1 aromatic carbocycles. The van der Waals surface area contributed by atoms with E-state index in [2.05, 4.69) is 39.6 Å². The Morgan fingerprint density at radius 1 is 1.29 bits per heavy atom. The summed E-state index contributed by atoms with van der Waals surface area (Å²) in [6, 6.07) is 8.20. The Labute approximate surface area is 169 Å². The highest BCUT2D eigenvalue weighted by molar-refractivity contribution is 5.80. The van der Waals surface area contributed by atoms with Crippen molar-refractivity contribution < 1.29 is 9.47 Å². The van der Waals surface area contributed by atoms with Crippen molar-refractivity contribution in [1.82, 2.24) is 15.5 Å². The van der Waals surface area contributed by atoms with Gasteiger partial charge >= 0.3 is 0 Å². The Bertz CT molecular complexity index is 660. The highest BCUT2D eigenvalue weighted by Gasteiger charge is 2.38. The summed E-state index contributed by atoms with van der Waals surface area (Å²) < 4.78 is 11.0. The molecule has 156 valence electrons. The number of nitrogens with zero attached hydrogens (tertiary/aromatic N) is 2. The molecule has 2 fully saturated rings. The number of hydrogen-bond donors (Lipinski definition) is 2. The third kappa shape index (κ3) is 5.53. The fourth-order valence-electron chi connectivity index (χ4n) is 4.11. The molecule has 1 aliphatic carbocycles. The molecule has 1 aromatic rings. The molecule has 1 aliphatic heterocycles. The van der Waals surface area contributed by atoms with Gasteiger partial charge in [-0.15, -0.1) is 0 Å². The SMILES string of the molecule is CCOc1cc(CCCNC(=NC)NC2CC(C)N(C3CC3)C2)ccc1OC. The van der Waals surface area contributed by atoms with E-state index in [1.165, 1.54) is 24.8 Å². The topological polar surface area (TPSA) is 58.1 Å². The van der Waals surface area contributed by atoms with E-state index in [1.54, 1.807) is 7.11 Å². The molecule has 6 heteroatoms. The van der Waals surface area contributed by atoms with E-state index in [-0.39, 0.29) is 0 Å². The minimum Gasteiger partial charge on any atom is -0.493 e. The molecule has 0 radical (unpaired) electrons. The second-order valence-electron chi connectivity index (χ2n) is 7.87. The first-order valence-electron chi connectivity index (χ1n) is 10.7. The summed E-state index contributed by atoms with van der Waals surface area (Å²) in [5.74, 6) is 2.53. The standard InChI is InChI=1S/C22H36N4O2/c1-5-28-21-14-17(8-11-20(21)27-4)7-6-12-24-22(23-3)25-18-13-16(2)26(15-18)19-9-10-19/h8,11,14,16,18-19H,5-7,9-10,12-13,15H2,1-4H3,(H2,23,24,25). The molecular weight excluding hydrogens is 352 g/mol. The minimum absolute atomic E-state index is 0.497. The lowest BCUT2D eigenvalue weighted by atomic mass is 10.1. The Morgan fingerprint density at radius 2 is 2.11 bits per heavy atom. The van der Waals surface area contributed by atoms with Crippen LogP contribution in [0.3, 0.4) is 0 Å². The monoisotopic (exact) mass is 388 g/mol. The van der Waals surface area contributed by atoms with Crippen LogP contribution in [0.25, 0.3) is 0 Å². The van der Waals surface area contributed by atoms with Crippen LogP contribution in [0.2, 0.25) is 0 Å². The maximum Gasteiger partial charge on any atom is 0.191 e. The van der Waals surface area contributed by atoms with E-state index < -0.39 is 0 Å². The summed E-state index contributed by atoms with van der Waals surface area (Å²) in [6.45, 7) is 7.01. The van der Waals surface area contributed by atoms with Crippen LogP contribution in [0, 0.1) is 0 Å². The van der Waals surface area contributed by atoms with Crippen LogP contribution in [0.5, 0.6) is 11.5 Å². The van der Waals surface area contributed by atoms with Crippen LogP contribution in [-0.2, 0) is 6.42 Å². The Hall–Kier alpha value is -1.95. The summed E-state index contributed by atoms with van der Waals surface area (Å²) >= 11 is 0. The fraction of sp³-hybridized carbons (Fsp3) is 0.682. The number of rotatable bonds is 9. The Balaban J connectivity index is 1.41. The predicted molar refractivity (Wildman–Crippen MR) is 115 cm³/mol. The van der Waals surface area contributed by atoms with Crippen LogP contribution in [0.15, 0.2) is 23.2 Å². The zero-order chi connectivity index (χ0) is 19.9. The fourth-order valence-corrected chi connectivity index (χ4v) is 4.11. The normalized spacial score (nSPS) is 22.9. The largest absolute Gasteiger partial charge is 0.493 e. The summed E-state index contributed by atoms with van der Waals surface area (Å²) in [6.07, 6.45) is 5.97. The summed E-state index contributed by atoms with van der Waals surface area (Å²) in [5, 5.41) is 7.08. The third-order valence-corrected chi connectivity index (χ3v) is 5.67. The lowest BCUT2D eigenvalue weighted by Crippen LogP contribution is -2.45. The van der Waals surface area contributed by atoms with Crippen molar-refractivity contribution in [3.8, 4) is 11.5 Å². The quantitative estimate of drug-likeness (QED) is 0.387. The lowest BCUT2D eigenvalue weighted by molar-refractivity contribution is 0.256. The second-order valence-corrected chi connectivity index (χ2v) is 7.87. The number of aryl methyl sites for hydroxylation is 1. The van der Waals surface area contributed by atoms with Crippen LogP contribution >= 0.6 is 0 Å². The van der Waals surface area contributed by atoms with E-state index in [0.29, 0.717) is 18.7 Å². The first kappa shape index (κ1) is 20.8. The van der Waals surface area contributed by atoms with Gasteiger partial charge < -0.3 is 20.1 Å². The molecule has 1 heterocycles. The summed E-state index contributed by atoms with van der Waals surface area (Å²) in [4.78, 5) is 7.06. The number of nitrogens with one attached hydrogen (secondary N) is 2. The molecule has 2 aliphatic rings. The van der Waals surface area contributed by atoms with Crippen molar-refractivity contribution >= 4 is 5.96 Å². The van der Waals surface area contributed by atoms with Gasteiger partial charge in [0.05, 0.1) is 13.7 Å². The van der Waals surface area contributed by atoms with Crippen molar-refractivity contribution in [3.05, 3.63) is 23.8 Å². The van der Waals surface area contributed by atoms with Crippen molar-refractivity contribution in [2.45, 2.75) is 64.1 Å². The zero-order valence-electron chi connectivity index (χ0n) is 17.8. The minimum atomic E-state index is 0.497. The molecule has 0 aromatic heterocycles. The van der Waals surface area contributed by atoms with Gasteiger partial charge in [-0.05, 0) is 63.6 Å². The molecule has 2 atom stereocenters. The van der Waals surface area contributed by atoms with Gasteiger partial charge in [0, 0.05) is 38.3 Å². The highest BCUT2D eigenvalue weighted by atomic mass is 16.5. The molecule has 1 saturated heterocycles. The zero-order valence-corrected chi connectivity index (χ0v) is 17.8. The third-order valence-electron chi connectivity index (χ3n) is 5.67. The van der Waals surface area contributed by atoms with Gasteiger partial charge in [-0.3, -0.25) is 9.89 Å². The van der Waals surface area contributed by atoms with Crippen molar-refractivity contribution in [3.63, 3.8) is 0 Å². The van der Waals surface area contributed by atoms with Gasteiger partial charge in [-0.2, -0.15) is 0 Å². The number of ether oxygens (including phenoxy) is 2. The second kappa shape index (κ2) is 10.0. The lowest BCUT2D eigenvalue weighted by Gasteiger charge is -2.20. The molecule has 0 bridgehead atoms. The Morgan fingerprint density at radius 3 is 2.79 bits per heavy atom. The first-order chi connectivity index (χ1) is 13.6. The maximum atomic E-state index is 5.67. The van der Waals surface area contributed by atoms with Gasteiger partial charge in [0.25, 0.3) is 0 Å². The van der Waals surface area contributed by atoms with Gasteiger partial charge in [0.1, 0.15) is 0 Å². The number of methoxy groups -OCH3 is 1. The number of guanidine groups is 1. The Kier molecular flexibility index (Phi) is 7.43. The summed E-state index contributed by atoms with van der Waals surface area (Å²) in [5.41, 5.74) is 1.26. The van der Waals surface area contributed by atoms with Crippen molar-refractivity contribution in [1.29, 1.82) is 0 Å². The molecule has 6 nitrogen and oxygen atoms in total. The van der Waals surface area contributed by atoms with E-state index in [4.69, 9.17) is 9.47 Å². The molecule has 0 spiro atoms. The van der Waals surface area contributed by atoms with Gasteiger partial charge in [0.15, 0.2) is 17.5 Å². The molecule has 28 heavy (non-hydrogen) atoms. The highest BCUT2D eigenvalue weighted by Crippen LogP contribution is 2.33. The van der Waals surface area contributed by atoms with Gasteiger partial charge in [-0.25, -0.2) is 0 Å². The average molecular weight is 389 g/mol. The van der Waals surface area contributed by atoms with Crippen molar-refractivity contribution in [2.24, 2.45) is 4.99 Å².